The fourth-order valence-corrected chi connectivity index (χ4v) is 4.25. The van der Waals surface area contributed by atoms with Gasteiger partial charge in [0.25, 0.3) is 5.91 Å². The van der Waals surface area contributed by atoms with Crippen LogP contribution in [-0.4, -0.2) is 87.1 Å². The van der Waals surface area contributed by atoms with Crippen molar-refractivity contribution in [2.45, 2.75) is 32.3 Å². The number of nitrogens with zero attached hydrogens (tertiary/aromatic N) is 1. The van der Waals surface area contributed by atoms with Crippen molar-refractivity contribution in [3.63, 3.8) is 0 Å². The maximum atomic E-state index is 12.8. The lowest BCUT2D eigenvalue weighted by molar-refractivity contribution is -0.142. The quantitative estimate of drug-likeness (QED) is 0.339. The van der Waals surface area contributed by atoms with Gasteiger partial charge >= 0.3 is 5.97 Å². The van der Waals surface area contributed by atoms with Crippen LogP contribution in [0.5, 0.6) is 11.5 Å². The lowest BCUT2D eigenvalue weighted by Crippen LogP contribution is -2.48. The van der Waals surface area contributed by atoms with E-state index in [1.807, 2.05) is 0 Å². The van der Waals surface area contributed by atoms with Gasteiger partial charge in [-0.05, 0) is 45.5 Å². The second kappa shape index (κ2) is 13.0. The van der Waals surface area contributed by atoms with E-state index in [0.717, 1.165) is 32.4 Å². The van der Waals surface area contributed by atoms with E-state index >= 15 is 0 Å². The van der Waals surface area contributed by atoms with Crippen molar-refractivity contribution in [2.24, 2.45) is 5.92 Å². The fraction of sp³-hybridized carbons (Fsp3) is 0.652. The van der Waals surface area contributed by atoms with Crippen molar-refractivity contribution < 1.29 is 28.9 Å². The Kier molecular flexibility index (Phi) is 10.1. The molecule has 2 atom stereocenters. The molecule has 0 saturated carbocycles. The largest absolute Gasteiger partial charge is 0.489 e. The van der Waals surface area contributed by atoms with Crippen LogP contribution in [0.4, 0.5) is 0 Å². The summed E-state index contributed by atoms with van der Waals surface area (Å²) >= 11 is 6.17. The summed E-state index contributed by atoms with van der Waals surface area (Å²) in [5.41, 5.74) is 0.349. The zero-order chi connectivity index (χ0) is 23.6. The first-order valence-corrected chi connectivity index (χ1v) is 12.0. The van der Waals surface area contributed by atoms with Gasteiger partial charge in [-0.25, -0.2) is 0 Å². The monoisotopic (exact) mass is 483 g/mol. The maximum absolute atomic E-state index is 12.8. The SMILES string of the molecule is CCOC(=O)CNCCCN1CC[C@@H](CNC(=O)c2cc(Cl)cc3c2OCCCO3)[C@H](O)C1. The third-order valence-corrected chi connectivity index (χ3v) is 6.01. The summed E-state index contributed by atoms with van der Waals surface area (Å²) in [4.78, 5) is 26.4. The van der Waals surface area contributed by atoms with Crippen LogP contribution >= 0.6 is 11.6 Å². The normalized spacial score (nSPS) is 20.7. The van der Waals surface area contributed by atoms with Crippen LogP contribution in [0.2, 0.25) is 5.02 Å². The first kappa shape index (κ1) is 25.6. The zero-order valence-electron chi connectivity index (χ0n) is 19.1. The second-order valence-electron chi connectivity index (χ2n) is 8.29. The van der Waals surface area contributed by atoms with Gasteiger partial charge in [-0.2, -0.15) is 0 Å². The number of benzene rings is 1. The van der Waals surface area contributed by atoms with Crippen molar-refractivity contribution in [2.75, 3.05) is 59.1 Å². The molecular weight excluding hydrogens is 450 g/mol. The molecule has 33 heavy (non-hydrogen) atoms. The highest BCUT2D eigenvalue weighted by atomic mass is 35.5. The molecule has 0 unspecified atom stereocenters. The van der Waals surface area contributed by atoms with Crippen LogP contribution in [0.3, 0.4) is 0 Å². The number of aliphatic hydroxyl groups is 1. The lowest BCUT2D eigenvalue weighted by Gasteiger charge is -2.36. The predicted molar refractivity (Wildman–Crippen MR) is 124 cm³/mol. The number of ether oxygens (including phenoxy) is 3. The molecule has 1 amide bonds. The number of nitrogens with one attached hydrogen (secondary N) is 2. The smallest absolute Gasteiger partial charge is 0.319 e. The molecule has 1 fully saturated rings. The Morgan fingerprint density at radius 2 is 2.12 bits per heavy atom. The number of likely N-dealkylation sites (tertiary alicyclic amines) is 1. The molecule has 0 spiro atoms. The molecular formula is C23H34ClN3O6. The summed E-state index contributed by atoms with van der Waals surface area (Å²) in [6, 6.07) is 3.24. The highest BCUT2D eigenvalue weighted by molar-refractivity contribution is 6.31. The van der Waals surface area contributed by atoms with Crippen molar-refractivity contribution >= 4 is 23.5 Å². The van der Waals surface area contributed by atoms with Gasteiger partial charge in [0.1, 0.15) is 0 Å². The van der Waals surface area contributed by atoms with Gasteiger partial charge in [-0.15, -0.1) is 0 Å². The number of rotatable bonds is 10. The van der Waals surface area contributed by atoms with Gasteiger partial charge in [0.05, 0.1) is 38.0 Å². The summed E-state index contributed by atoms with van der Waals surface area (Å²) in [5, 5.41) is 17.0. The van der Waals surface area contributed by atoms with Crippen LogP contribution in [0, 0.1) is 5.92 Å². The minimum Gasteiger partial charge on any atom is -0.489 e. The fourth-order valence-electron chi connectivity index (χ4n) is 4.04. The number of aliphatic hydroxyl groups excluding tert-OH is 1. The van der Waals surface area contributed by atoms with Crippen molar-refractivity contribution in [1.29, 1.82) is 0 Å². The summed E-state index contributed by atoms with van der Waals surface area (Å²) in [5.74, 6) is 0.337. The van der Waals surface area contributed by atoms with Gasteiger partial charge in [-0.3, -0.25) is 9.59 Å². The number of halogens is 1. The van der Waals surface area contributed by atoms with Crippen LogP contribution in [0.15, 0.2) is 12.1 Å². The molecule has 2 aliphatic heterocycles. The Morgan fingerprint density at radius 1 is 1.30 bits per heavy atom. The average Bonchev–Trinajstić information content (AvgIpc) is 3.03. The summed E-state index contributed by atoms with van der Waals surface area (Å²) in [6.45, 7) is 6.69. The van der Waals surface area contributed by atoms with Crippen molar-refractivity contribution in [1.82, 2.24) is 15.5 Å². The standard InChI is InChI=1S/C23H34ClN3O6/c1-2-31-21(29)14-25-6-3-7-27-8-5-16(19(28)15-27)13-26-23(30)18-11-17(24)12-20-22(18)33-10-4-9-32-20/h11-12,16,19,25,28H,2-10,13-15H2,1H3,(H,26,30)/t16-,19+/m0/s1. The summed E-state index contributed by atoms with van der Waals surface area (Å²) < 4.78 is 16.3. The van der Waals surface area contributed by atoms with Gasteiger partial charge in [0, 0.05) is 36.5 Å². The Morgan fingerprint density at radius 3 is 2.91 bits per heavy atom. The highest BCUT2D eigenvalue weighted by Crippen LogP contribution is 2.36. The Labute approximate surface area is 199 Å². The third kappa shape index (κ3) is 7.74. The van der Waals surface area contributed by atoms with Gasteiger partial charge < -0.3 is 34.9 Å². The number of fused-ring (bicyclic) bond motifs is 1. The van der Waals surface area contributed by atoms with E-state index in [4.69, 9.17) is 25.8 Å². The molecule has 10 heteroatoms. The van der Waals surface area contributed by atoms with Crippen molar-refractivity contribution in [3.8, 4) is 11.5 Å². The van der Waals surface area contributed by atoms with E-state index in [1.54, 1.807) is 19.1 Å². The number of carbonyl (C=O) groups excluding carboxylic acids is 2. The van der Waals surface area contributed by atoms with E-state index in [-0.39, 0.29) is 24.3 Å². The highest BCUT2D eigenvalue weighted by Gasteiger charge is 2.28. The molecule has 1 aromatic rings. The number of esters is 1. The molecule has 0 radical (unpaired) electrons. The molecule has 1 aromatic carbocycles. The third-order valence-electron chi connectivity index (χ3n) is 5.79. The van der Waals surface area contributed by atoms with E-state index < -0.39 is 6.10 Å². The number of amides is 1. The Balaban J connectivity index is 1.41. The second-order valence-corrected chi connectivity index (χ2v) is 8.73. The van der Waals surface area contributed by atoms with E-state index in [1.165, 1.54) is 0 Å². The topological polar surface area (TPSA) is 109 Å². The average molecular weight is 484 g/mol. The minimum absolute atomic E-state index is 0.0258. The number of hydrogen-bond donors (Lipinski definition) is 3. The number of carbonyl (C=O) groups is 2. The van der Waals surface area contributed by atoms with Gasteiger partial charge in [-0.1, -0.05) is 11.6 Å². The first-order chi connectivity index (χ1) is 16.0. The molecule has 0 bridgehead atoms. The van der Waals surface area contributed by atoms with E-state index in [0.29, 0.717) is 61.5 Å². The van der Waals surface area contributed by atoms with Crippen molar-refractivity contribution in [3.05, 3.63) is 22.7 Å². The predicted octanol–water partition coefficient (Wildman–Crippen LogP) is 1.46. The lowest BCUT2D eigenvalue weighted by atomic mass is 9.93. The first-order valence-electron chi connectivity index (χ1n) is 11.6. The Bertz CT molecular complexity index is 809. The molecule has 3 rings (SSSR count). The van der Waals surface area contributed by atoms with Crippen LogP contribution in [-0.2, 0) is 9.53 Å². The number of β-amino-alcohol motifs (C(OH)–C–C–N with tert-alkyl or cyclic N) is 1. The van der Waals surface area contributed by atoms with Crippen LogP contribution in [0.1, 0.15) is 36.5 Å². The zero-order valence-corrected chi connectivity index (χ0v) is 19.9. The Hall–Kier alpha value is -2.07. The molecule has 0 aromatic heterocycles. The summed E-state index contributed by atoms with van der Waals surface area (Å²) in [7, 11) is 0. The molecule has 3 N–H and O–H groups in total. The van der Waals surface area contributed by atoms with Gasteiger partial charge in [0.15, 0.2) is 11.5 Å². The van der Waals surface area contributed by atoms with Crippen LogP contribution in [0.25, 0.3) is 0 Å². The van der Waals surface area contributed by atoms with Gasteiger partial charge in [0.2, 0.25) is 0 Å². The summed E-state index contributed by atoms with van der Waals surface area (Å²) in [6.07, 6.45) is 1.86. The molecule has 1 saturated heterocycles. The molecule has 184 valence electrons. The molecule has 0 aliphatic carbocycles. The van der Waals surface area contributed by atoms with E-state index in [9.17, 15) is 14.7 Å². The number of piperidine rings is 1. The molecule has 9 nitrogen and oxygen atoms in total. The molecule has 2 heterocycles. The maximum Gasteiger partial charge on any atom is 0.319 e. The van der Waals surface area contributed by atoms with E-state index in [2.05, 4.69) is 15.5 Å². The van der Waals surface area contributed by atoms with Crippen LogP contribution < -0.4 is 20.1 Å². The number of hydrogen-bond acceptors (Lipinski definition) is 8. The molecule has 2 aliphatic rings. The minimum atomic E-state index is -0.525.